The Bertz CT molecular complexity index is 1280. The standard InChI is InChI=1S/C30H49N5O6.C10H20O/c1-20(2)21(3)25(36)18-23(10-9-15-32-28(31)39)26(37)33-24-13-11-22(12-14-24)19-41-29(40)35(8)17-16-34(7)27(38)30(4,5)6;1-5-6-7-8-9(11)10(2,3)4/h11-14,20-21,23H,9-10,15-19H2,1-8H3,(H,33,37)(H3,31,32,39);5-8H2,1-4H3/t21-,23+;/m0./s1. The third-order valence-corrected chi connectivity index (χ3v) is 8.85. The number of unbranched alkanes of at least 4 members (excludes halogenated alkanes) is 2. The number of urea groups is 1. The van der Waals surface area contributed by atoms with Crippen molar-refractivity contribution in [2.75, 3.05) is 39.0 Å². The predicted octanol–water partition coefficient (Wildman–Crippen LogP) is 7.20. The van der Waals surface area contributed by atoms with Gasteiger partial charge in [-0.25, -0.2) is 9.59 Å². The summed E-state index contributed by atoms with van der Waals surface area (Å²) in [5, 5.41) is 5.38. The van der Waals surface area contributed by atoms with Crippen molar-refractivity contribution >= 4 is 41.2 Å². The number of ketones is 2. The first-order chi connectivity index (χ1) is 24.0. The zero-order chi connectivity index (χ0) is 40.2. The fourth-order valence-corrected chi connectivity index (χ4v) is 4.85. The molecule has 0 spiro atoms. The van der Waals surface area contributed by atoms with E-state index in [1.54, 1.807) is 43.3 Å². The highest BCUT2D eigenvalue weighted by Crippen LogP contribution is 2.22. The van der Waals surface area contributed by atoms with Crippen molar-refractivity contribution < 1.29 is 33.5 Å². The molecule has 12 nitrogen and oxygen atoms in total. The molecular weight excluding hydrogens is 662 g/mol. The molecule has 0 radical (unpaired) electrons. The van der Waals surface area contributed by atoms with Crippen molar-refractivity contribution in [1.82, 2.24) is 15.1 Å². The van der Waals surface area contributed by atoms with E-state index in [-0.39, 0.29) is 47.9 Å². The third kappa shape index (κ3) is 20.2. The summed E-state index contributed by atoms with van der Waals surface area (Å²) in [5.74, 6) is -0.403. The van der Waals surface area contributed by atoms with Crippen molar-refractivity contribution in [3.8, 4) is 0 Å². The number of hydrogen-bond donors (Lipinski definition) is 3. The molecule has 0 saturated carbocycles. The zero-order valence-electron chi connectivity index (χ0n) is 34.1. The lowest BCUT2D eigenvalue weighted by Crippen LogP contribution is -2.41. The van der Waals surface area contributed by atoms with Gasteiger partial charge in [0.1, 0.15) is 18.2 Å². The molecule has 0 unspecified atom stereocenters. The van der Waals surface area contributed by atoms with E-state index < -0.39 is 23.5 Å². The van der Waals surface area contributed by atoms with E-state index in [0.717, 1.165) is 18.4 Å². The second-order valence-electron chi connectivity index (χ2n) is 16.1. The summed E-state index contributed by atoms with van der Waals surface area (Å²) in [6.07, 6.45) is 4.73. The molecule has 0 fully saturated rings. The molecule has 0 aliphatic rings. The summed E-state index contributed by atoms with van der Waals surface area (Å²) in [4.78, 5) is 75.8. The topological polar surface area (TPSA) is 168 Å². The molecule has 5 amide bonds. The summed E-state index contributed by atoms with van der Waals surface area (Å²) in [7, 11) is 3.32. The predicted molar refractivity (Wildman–Crippen MR) is 208 cm³/mol. The number of benzene rings is 1. The van der Waals surface area contributed by atoms with Gasteiger partial charge < -0.3 is 30.9 Å². The van der Waals surface area contributed by atoms with E-state index in [0.29, 0.717) is 43.9 Å². The molecule has 4 N–H and O–H groups in total. The van der Waals surface area contributed by atoms with Crippen LogP contribution in [0.2, 0.25) is 0 Å². The van der Waals surface area contributed by atoms with Gasteiger partial charge in [0.15, 0.2) is 0 Å². The molecule has 1 aromatic rings. The highest BCUT2D eigenvalue weighted by molar-refractivity contribution is 5.96. The molecule has 0 aliphatic carbocycles. The van der Waals surface area contributed by atoms with Gasteiger partial charge in [0.05, 0.1) is 0 Å². The van der Waals surface area contributed by atoms with Gasteiger partial charge in [-0.2, -0.15) is 0 Å². The van der Waals surface area contributed by atoms with Crippen molar-refractivity contribution in [2.24, 2.45) is 34.3 Å². The number of Topliss-reactive ketones (excluding diaryl/α,β-unsaturated/α-hetero) is 2. The maximum Gasteiger partial charge on any atom is 0.409 e. The molecule has 0 aliphatic heterocycles. The Morgan fingerprint density at radius 2 is 1.40 bits per heavy atom. The number of amides is 5. The molecule has 1 rings (SSSR count). The average Bonchev–Trinajstić information content (AvgIpc) is 3.06. The first-order valence-corrected chi connectivity index (χ1v) is 18.6. The van der Waals surface area contributed by atoms with Gasteiger partial charge >= 0.3 is 12.1 Å². The number of ether oxygens (including phenoxy) is 1. The van der Waals surface area contributed by atoms with Crippen LogP contribution in [0.25, 0.3) is 0 Å². The highest BCUT2D eigenvalue weighted by Gasteiger charge is 2.27. The second-order valence-corrected chi connectivity index (χ2v) is 16.1. The molecule has 12 heteroatoms. The van der Waals surface area contributed by atoms with Crippen LogP contribution in [-0.4, -0.2) is 79.0 Å². The number of nitrogens with one attached hydrogen (secondary N) is 2. The average molecular weight is 732 g/mol. The van der Waals surface area contributed by atoms with Crippen LogP contribution in [-0.2, 0) is 30.5 Å². The Morgan fingerprint density at radius 3 is 1.90 bits per heavy atom. The molecule has 0 saturated heterocycles. The quantitative estimate of drug-likeness (QED) is 0.127. The zero-order valence-corrected chi connectivity index (χ0v) is 34.1. The summed E-state index contributed by atoms with van der Waals surface area (Å²) in [5.41, 5.74) is 5.78. The molecule has 0 aromatic heterocycles. The van der Waals surface area contributed by atoms with E-state index in [2.05, 4.69) is 17.6 Å². The molecule has 0 bridgehead atoms. The molecular formula is C40H69N5O7. The van der Waals surface area contributed by atoms with E-state index in [1.165, 1.54) is 17.7 Å². The van der Waals surface area contributed by atoms with Gasteiger partial charge in [0, 0.05) is 74.9 Å². The number of anilines is 1. The molecule has 296 valence electrons. The number of nitrogens with zero attached hydrogens (tertiary/aromatic N) is 2. The third-order valence-electron chi connectivity index (χ3n) is 8.85. The highest BCUT2D eigenvalue weighted by atomic mass is 16.6. The van der Waals surface area contributed by atoms with E-state index in [4.69, 9.17) is 10.5 Å². The Balaban J connectivity index is 0.00000203. The Morgan fingerprint density at radius 1 is 0.827 bits per heavy atom. The van der Waals surface area contributed by atoms with Crippen LogP contribution < -0.4 is 16.4 Å². The second kappa shape index (κ2) is 23.6. The Labute approximate surface area is 313 Å². The van der Waals surface area contributed by atoms with Crippen LogP contribution in [0.4, 0.5) is 15.3 Å². The fraction of sp³-hybridized carbons (Fsp3) is 0.700. The lowest BCUT2D eigenvalue weighted by atomic mass is 9.86. The van der Waals surface area contributed by atoms with Crippen molar-refractivity contribution in [3.05, 3.63) is 29.8 Å². The first-order valence-electron chi connectivity index (χ1n) is 18.6. The number of nitrogens with two attached hydrogens (primary N) is 1. The fourth-order valence-electron chi connectivity index (χ4n) is 4.85. The smallest absolute Gasteiger partial charge is 0.409 e. The SMILES string of the molecule is CC(C)[C@H](C)C(=O)C[C@@H](CCCNC(N)=O)C(=O)Nc1ccc(COC(=O)N(C)CCN(C)C(=O)C(C)(C)C)cc1.CCCCCC(=O)C(C)(C)C. The summed E-state index contributed by atoms with van der Waals surface area (Å²) >= 11 is 0. The van der Waals surface area contributed by atoms with Crippen LogP contribution in [0, 0.1) is 28.6 Å². The molecule has 0 heterocycles. The first kappa shape index (κ1) is 48.0. The maximum atomic E-state index is 13.1. The lowest BCUT2D eigenvalue weighted by Gasteiger charge is -2.27. The number of rotatable bonds is 19. The molecule has 52 heavy (non-hydrogen) atoms. The molecule has 1 aromatic carbocycles. The maximum absolute atomic E-state index is 13.1. The minimum Gasteiger partial charge on any atom is -0.445 e. The van der Waals surface area contributed by atoms with Gasteiger partial charge in [-0.1, -0.05) is 94.2 Å². The number of carbonyl (C=O) groups is 6. The van der Waals surface area contributed by atoms with Crippen LogP contribution in [0.5, 0.6) is 0 Å². The number of likely N-dealkylation sites (N-methyl/N-ethyl adjacent to an activating group) is 2. The van der Waals surface area contributed by atoms with Crippen LogP contribution in [0.1, 0.15) is 120 Å². The lowest BCUT2D eigenvalue weighted by molar-refractivity contribution is -0.138. The summed E-state index contributed by atoms with van der Waals surface area (Å²) < 4.78 is 5.39. The van der Waals surface area contributed by atoms with E-state index in [9.17, 15) is 28.8 Å². The van der Waals surface area contributed by atoms with E-state index in [1.807, 2.05) is 62.3 Å². The molecule has 2 atom stereocenters. The number of carbonyl (C=O) groups excluding carboxylic acids is 6. The van der Waals surface area contributed by atoms with Gasteiger partial charge in [-0.3, -0.25) is 19.2 Å². The Kier molecular flexibility index (Phi) is 21.8. The monoisotopic (exact) mass is 732 g/mol. The van der Waals surface area contributed by atoms with Crippen molar-refractivity contribution in [1.29, 1.82) is 0 Å². The normalized spacial score (nSPS) is 12.5. The van der Waals surface area contributed by atoms with Crippen LogP contribution >= 0.6 is 0 Å². The van der Waals surface area contributed by atoms with Gasteiger partial charge in [0.25, 0.3) is 0 Å². The van der Waals surface area contributed by atoms with E-state index >= 15 is 0 Å². The number of primary amides is 1. The Hall–Kier alpha value is -3.96. The summed E-state index contributed by atoms with van der Waals surface area (Å²) in [6, 6.07) is 6.28. The minimum absolute atomic E-state index is 0.00502. The van der Waals surface area contributed by atoms with Crippen LogP contribution in [0.15, 0.2) is 24.3 Å². The van der Waals surface area contributed by atoms with Crippen molar-refractivity contribution in [2.45, 2.75) is 121 Å². The van der Waals surface area contributed by atoms with Crippen molar-refractivity contribution in [3.63, 3.8) is 0 Å². The van der Waals surface area contributed by atoms with Gasteiger partial charge in [0.2, 0.25) is 11.8 Å². The number of hydrogen-bond acceptors (Lipinski definition) is 7. The largest absolute Gasteiger partial charge is 0.445 e. The van der Waals surface area contributed by atoms with Gasteiger partial charge in [-0.15, -0.1) is 0 Å². The van der Waals surface area contributed by atoms with Gasteiger partial charge in [-0.05, 0) is 42.9 Å². The minimum atomic E-state index is -0.631. The van der Waals surface area contributed by atoms with Crippen LogP contribution in [0.3, 0.4) is 0 Å². The summed E-state index contributed by atoms with van der Waals surface area (Å²) in [6.45, 7) is 20.6.